The van der Waals surface area contributed by atoms with Crippen LogP contribution in [0, 0.1) is 0 Å². The summed E-state index contributed by atoms with van der Waals surface area (Å²) in [5.41, 5.74) is 1.74. The van der Waals surface area contributed by atoms with Gasteiger partial charge in [0.1, 0.15) is 10.8 Å². The summed E-state index contributed by atoms with van der Waals surface area (Å²) in [4.78, 5) is 10.00. The molecule has 1 aromatic heterocycles. The van der Waals surface area contributed by atoms with Gasteiger partial charge in [-0.2, -0.15) is 0 Å². The normalized spacial score (nSPS) is 17.8. The van der Waals surface area contributed by atoms with E-state index in [0.717, 1.165) is 15.5 Å². The highest BCUT2D eigenvalue weighted by Gasteiger charge is 2.23. The van der Waals surface area contributed by atoms with E-state index in [4.69, 9.17) is 0 Å². The summed E-state index contributed by atoms with van der Waals surface area (Å²) in [5.74, 6) is 0. The fourth-order valence-electron chi connectivity index (χ4n) is 2.22. The Bertz CT molecular complexity index is 763. The van der Waals surface area contributed by atoms with E-state index in [1.54, 1.807) is 11.8 Å². The maximum Gasteiger partial charge on any atom is 0.153 e. The highest BCUT2D eigenvalue weighted by atomic mass is 32.2. The van der Waals surface area contributed by atoms with E-state index in [2.05, 4.69) is 30.7 Å². The van der Waals surface area contributed by atoms with Crippen LogP contribution in [0.2, 0.25) is 0 Å². The summed E-state index contributed by atoms with van der Waals surface area (Å²) in [7, 11) is -1.26. The van der Waals surface area contributed by atoms with Crippen LogP contribution in [0.3, 0.4) is 0 Å². The molecule has 0 bridgehead atoms. The topological polar surface area (TPSA) is 42.3 Å². The lowest BCUT2D eigenvalue weighted by atomic mass is 10.2. The SMILES string of the molecule is CC(C)(C)Sc1cccc(C2=NCc3ccccc3S2=O)n1. The van der Waals surface area contributed by atoms with E-state index in [1.165, 1.54) is 0 Å². The van der Waals surface area contributed by atoms with Gasteiger partial charge in [0.2, 0.25) is 0 Å². The molecule has 3 nitrogen and oxygen atoms in total. The molecule has 1 unspecified atom stereocenters. The molecular formula is C17H18N2OS2. The quantitative estimate of drug-likeness (QED) is 0.781. The van der Waals surface area contributed by atoms with Crippen molar-refractivity contribution in [3.8, 4) is 0 Å². The first-order valence-corrected chi connectivity index (χ1v) is 9.11. The Labute approximate surface area is 137 Å². The second-order valence-electron chi connectivity index (χ2n) is 6.07. The van der Waals surface area contributed by atoms with Crippen molar-refractivity contribution < 1.29 is 4.21 Å². The Morgan fingerprint density at radius 2 is 1.86 bits per heavy atom. The minimum Gasteiger partial charge on any atom is -0.269 e. The standard InChI is InChI=1S/C17H18N2OS2/c1-17(2,3)21-15-10-6-8-13(19-15)16-18-11-12-7-4-5-9-14(12)22(16)20/h4-10H,11H2,1-3H3. The average molecular weight is 330 g/mol. The van der Waals surface area contributed by atoms with Crippen LogP contribution in [0.25, 0.3) is 0 Å². The molecule has 0 spiro atoms. The number of hydrogen-bond acceptors (Lipinski definition) is 4. The Morgan fingerprint density at radius 3 is 2.64 bits per heavy atom. The first kappa shape index (κ1) is 15.4. The Balaban J connectivity index is 1.94. The molecule has 0 radical (unpaired) electrons. The molecule has 1 aromatic carbocycles. The number of aromatic nitrogens is 1. The molecule has 114 valence electrons. The lowest BCUT2D eigenvalue weighted by molar-refractivity contribution is 0.687. The average Bonchev–Trinajstić information content (AvgIpc) is 2.46. The Hall–Kier alpha value is -1.46. The lowest BCUT2D eigenvalue weighted by Crippen LogP contribution is -2.18. The van der Waals surface area contributed by atoms with E-state index in [9.17, 15) is 4.21 Å². The number of rotatable bonds is 2. The third-order valence-electron chi connectivity index (χ3n) is 3.09. The monoisotopic (exact) mass is 330 g/mol. The maximum absolute atomic E-state index is 12.7. The number of aliphatic imine (C=N–C) groups is 1. The Kier molecular flexibility index (Phi) is 4.19. The molecule has 0 saturated heterocycles. The molecule has 0 amide bonds. The van der Waals surface area contributed by atoms with E-state index in [0.29, 0.717) is 17.3 Å². The van der Waals surface area contributed by atoms with Gasteiger partial charge in [-0.25, -0.2) is 9.19 Å². The van der Waals surface area contributed by atoms with E-state index in [1.807, 2.05) is 42.5 Å². The molecule has 1 aliphatic rings. The van der Waals surface area contributed by atoms with E-state index < -0.39 is 10.8 Å². The van der Waals surface area contributed by atoms with E-state index >= 15 is 0 Å². The van der Waals surface area contributed by atoms with Crippen molar-refractivity contribution in [2.75, 3.05) is 0 Å². The van der Waals surface area contributed by atoms with Crippen LogP contribution >= 0.6 is 11.8 Å². The molecule has 0 saturated carbocycles. The zero-order valence-electron chi connectivity index (χ0n) is 12.9. The summed E-state index contributed by atoms with van der Waals surface area (Å²) < 4.78 is 12.8. The van der Waals surface area contributed by atoms with Crippen molar-refractivity contribution in [3.63, 3.8) is 0 Å². The van der Waals surface area contributed by atoms with Gasteiger partial charge in [0, 0.05) is 4.75 Å². The molecule has 1 aliphatic heterocycles. The fourth-order valence-corrected chi connectivity index (χ4v) is 4.40. The molecular weight excluding hydrogens is 312 g/mol. The highest BCUT2D eigenvalue weighted by Crippen LogP contribution is 2.31. The lowest BCUT2D eigenvalue weighted by Gasteiger charge is -2.18. The van der Waals surface area contributed by atoms with Crippen molar-refractivity contribution in [2.45, 2.75) is 42.0 Å². The summed E-state index contributed by atoms with van der Waals surface area (Å²) in [6.45, 7) is 7.02. The van der Waals surface area contributed by atoms with Crippen LogP contribution in [0.4, 0.5) is 0 Å². The second kappa shape index (κ2) is 5.97. The van der Waals surface area contributed by atoms with Crippen LogP contribution in [-0.2, 0) is 17.3 Å². The molecule has 2 heterocycles. The van der Waals surface area contributed by atoms with Crippen molar-refractivity contribution in [3.05, 3.63) is 53.7 Å². The van der Waals surface area contributed by atoms with Crippen LogP contribution in [0.5, 0.6) is 0 Å². The molecule has 5 heteroatoms. The largest absolute Gasteiger partial charge is 0.269 e. The smallest absolute Gasteiger partial charge is 0.153 e. The number of benzene rings is 1. The second-order valence-corrected chi connectivity index (χ2v) is 9.28. The van der Waals surface area contributed by atoms with Gasteiger partial charge in [0.05, 0.1) is 22.2 Å². The third kappa shape index (κ3) is 3.31. The Morgan fingerprint density at radius 1 is 1.09 bits per heavy atom. The number of hydrogen-bond donors (Lipinski definition) is 0. The maximum atomic E-state index is 12.7. The van der Waals surface area contributed by atoms with Crippen LogP contribution in [0.15, 0.2) is 57.4 Å². The molecule has 3 rings (SSSR count). The summed E-state index contributed by atoms with van der Waals surface area (Å²) in [6.07, 6.45) is 0. The van der Waals surface area contributed by atoms with Crippen molar-refractivity contribution in [1.82, 2.24) is 4.98 Å². The predicted molar refractivity (Wildman–Crippen MR) is 92.9 cm³/mol. The van der Waals surface area contributed by atoms with Gasteiger partial charge >= 0.3 is 0 Å². The zero-order chi connectivity index (χ0) is 15.7. The van der Waals surface area contributed by atoms with Crippen LogP contribution < -0.4 is 0 Å². The van der Waals surface area contributed by atoms with Crippen LogP contribution in [-0.4, -0.2) is 19.0 Å². The molecule has 1 atom stereocenters. The first-order chi connectivity index (χ1) is 10.4. The van der Waals surface area contributed by atoms with E-state index in [-0.39, 0.29) is 4.75 Å². The minimum atomic E-state index is -1.26. The summed E-state index contributed by atoms with van der Waals surface area (Å²) in [6, 6.07) is 13.6. The molecule has 2 aromatic rings. The molecule has 0 N–H and O–H groups in total. The number of nitrogens with zero attached hydrogens (tertiary/aromatic N) is 2. The van der Waals surface area contributed by atoms with Gasteiger partial charge < -0.3 is 0 Å². The van der Waals surface area contributed by atoms with Crippen molar-refractivity contribution in [1.29, 1.82) is 0 Å². The third-order valence-corrected chi connectivity index (χ3v) is 5.63. The number of pyridine rings is 1. The van der Waals surface area contributed by atoms with Gasteiger partial charge in [-0.3, -0.25) is 4.99 Å². The summed E-state index contributed by atoms with van der Waals surface area (Å²) >= 11 is 1.70. The fraction of sp³-hybridized carbons (Fsp3) is 0.294. The van der Waals surface area contributed by atoms with Crippen LogP contribution in [0.1, 0.15) is 32.0 Å². The molecule has 0 fully saturated rings. The minimum absolute atomic E-state index is 0.0890. The predicted octanol–water partition coefficient (Wildman–Crippen LogP) is 4.04. The van der Waals surface area contributed by atoms with Crippen molar-refractivity contribution >= 4 is 27.6 Å². The van der Waals surface area contributed by atoms with Crippen molar-refractivity contribution in [2.24, 2.45) is 4.99 Å². The molecule has 0 aliphatic carbocycles. The van der Waals surface area contributed by atoms with Gasteiger partial charge in [0.25, 0.3) is 0 Å². The van der Waals surface area contributed by atoms with Gasteiger partial charge in [-0.1, -0.05) is 45.0 Å². The molecule has 22 heavy (non-hydrogen) atoms. The first-order valence-electron chi connectivity index (χ1n) is 7.15. The van der Waals surface area contributed by atoms with Gasteiger partial charge in [-0.05, 0) is 23.8 Å². The number of thioether (sulfide) groups is 1. The number of fused-ring (bicyclic) bond motifs is 1. The van der Waals surface area contributed by atoms with Gasteiger partial charge in [0.15, 0.2) is 5.04 Å². The zero-order valence-corrected chi connectivity index (χ0v) is 14.5. The highest BCUT2D eigenvalue weighted by molar-refractivity contribution is 8.01. The summed E-state index contributed by atoms with van der Waals surface area (Å²) in [5, 5.41) is 1.51. The van der Waals surface area contributed by atoms with Gasteiger partial charge in [-0.15, -0.1) is 11.8 Å².